The molecule has 3 heteroatoms. The highest BCUT2D eigenvalue weighted by molar-refractivity contribution is 6.03. The lowest BCUT2D eigenvalue weighted by Gasteiger charge is -2.31. The van der Waals surface area contributed by atoms with Gasteiger partial charge in [-0.25, -0.2) is 0 Å². The van der Waals surface area contributed by atoms with Crippen molar-refractivity contribution in [2.75, 3.05) is 0 Å². The summed E-state index contributed by atoms with van der Waals surface area (Å²) in [6.45, 7) is 0. The first-order valence-corrected chi connectivity index (χ1v) is 7.19. The summed E-state index contributed by atoms with van der Waals surface area (Å²) in [5, 5.41) is 2.55. The summed E-state index contributed by atoms with van der Waals surface area (Å²) in [5.41, 5.74) is 1.08. The zero-order chi connectivity index (χ0) is 14.7. The third kappa shape index (κ3) is 2.35. The van der Waals surface area contributed by atoms with Crippen LogP contribution in [0.1, 0.15) is 30.4 Å². The summed E-state index contributed by atoms with van der Waals surface area (Å²) in [6.07, 6.45) is 1.73. The molecule has 2 aromatic carbocycles. The number of hydrogen-bond donors (Lipinski definition) is 1. The summed E-state index contributed by atoms with van der Waals surface area (Å²) in [5.74, 6) is -0.406. The van der Waals surface area contributed by atoms with Crippen LogP contribution < -0.4 is 5.32 Å². The molecule has 21 heavy (non-hydrogen) atoms. The minimum atomic E-state index is -0.783. The average Bonchev–Trinajstić information content (AvgIpc) is 2.68. The highest BCUT2D eigenvalue weighted by atomic mass is 16.2. The van der Waals surface area contributed by atoms with Gasteiger partial charge < -0.3 is 0 Å². The molecule has 3 rings (SSSR count). The Morgan fingerprint density at radius 3 is 1.86 bits per heavy atom. The molecule has 1 heterocycles. The van der Waals surface area contributed by atoms with Gasteiger partial charge in [-0.1, -0.05) is 60.7 Å². The van der Waals surface area contributed by atoms with Gasteiger partial charge >= 0.3 is 0 Å². The van der Waals surface area contributed by atoms with Crippen molar-refractivity contribution in [3.8, 4) is 0 Å². The molecule has 1 saturated heterocycles. The zero-order valence-electron chi connectivity index (χ0n) is 11.7. The first kappa shape index (κ1) is 13.6. The van der Waals surface area contributed by atoms with Gasteiger partial charge in [0, 0.05) is 6.42 Å². The van der Waals surface area contributed by atoms with Gasteiger partial charge in [0.2, 0.25) is 11.8 Å². The Morgan fingerprint density at radius 2 is 1.33 bits per heavy atom. The number of carbonyl (C=O) groups excluding carboxylic acids is 2. The molecule has 106 valence electrons. The van der Waals surface area contributed by atoms with Crippen LogP contribution in [0, 0.1) is 0 Å². The summed E-state index contributed by atoms with van der Waals surface area (Å²) >= 11 is 0. The molecule has 0 radical (unpaired) electrons. The van der Waals surface area contributed by atoms with E-state index in [4.69, 9.17) is 0 Å². The molecule has 3 nitrogen and oxygen atoms in total. The molecule has 0 spiro atoms. The van der Waals surface area contributed by atoms with Crippen LogP contribution in [0.2, 0.25) is 0 Å². The Bertz CT molecular complexity index is 610. The molecule has 1 N–H and O–H groups in total. The van der Waals surface area contributed by atoms with Gasteiger partial charge in [0.15, 0.2) is 0 Å². The van der Waals surface area contributed by atoms with Crippen molar-refractivity contribution < 1.29 is 9.59 Å². The Labute approximate surface area is 124 Å². The third-order valence-electron chi connectivity index (χ3n) is 4.13. The maximum absolute atomic E-state index is 12.8. The lowest BCUT2D eigenvalue weighted by Crippen LogP contribution is -2.45. The van der Waals surface area contributed by atoms with Gasteiger partial charge in [0.1, 0.15) is 0 Å². The van der Waals surface area contributed by atoms with Crippen molar-refractivity contribution >= 4 is 11.8 Å². The number of carbonyl (C=O) groups is 2. The van der Waals surface area contributed by atoms with Crippen LogP contribution in [0.3, 0.4) is 0 Å². The monoisotopic (exact) mass is 279 g/mol. The highest BCUT2D eigenvalue weighted by Crippen LogP contribution is 2.38. The topological polar surface area (TPSA) is 46.2 Å². The van der Waals surface area contributed by atoms with Crippen LogP contribution in [0.25, 0.3) is 0 Å². The van der Waals surface area contributed by atoms with E-state index < -0.39 is 5.41 Å². The van der Waals surface area contributed by atoms with Gasteiger partial charge in [-0.15, -0.1) is 0 Å². The molecule has 2 amide bonds. The lowest BCUT2D eigenvalue weighted by molar-refractivity contribution is -0.131. The zero-order valence-corrected chi connectivity index (χ0v) is 11.7. The molecule has 2 aromatic rings. The largest absolute Gasteiger partial charge is 0.295 e. The number of imide groups is 1. The molecule has 1 fully saturated rings. The molecule has 0 unspecified atom stereocenters. The van der Waals surface area contributed by atoms with E-state index in [-0.39, 0.29) is 11.8 Å². The Kier molecular flexibility index (Phi) is 3.57. The van der Waals surface area contributed by atoms with E-state index >= 15 is 0 Å². The maximum Gasteiger partial charge on any atom is 0.241 e. The van der Waals surface area contributed by atoms with Crippen molar-refractivity contribution in [3.05, 3.63) is 71.8 Å². The van der Waals surface area contributed by atoms with Crippen LogP contribution in [-0.2, 0) is 15.0 Å². The van der Waals surface area contributed by atoms with Gasteiger partial charge in [-0.2, -0.15) is 0 Å². The van der Waals surface area contributed by atoms with Gasteiger partial charge in [0.05, 0.1) is 5.41 Å². The predicted molar refractivity (Wildman–Crippen MR) is 80.7 cm³/mol. The van der Waals surface area contributed by atoms with Crippen molar-refractivity contribution in [2.24, 2.45) is 0 Å². The Balaban J connectivity index is 2.20. The quantitative estimate of drug-likeness (QED) is 0.859. The number of rotatable bonds is 2. The van der Waals surface area contributed by atoms with Crippen LogP contribution in [-0.4, -0.2) is 11.8 Å². The number of amides is 2. The normalized spacial score (nSPS) is 17.9. The fourth-order valence-electron chi connectivity index (χ4n) is 3.09. The first-order valence-electron chi connectivity index (χ1n) is 7.19. The summed E-state index contributed by atoms with van der Waals surface area (Å²) in [7, 11) is 0. The van der Waals surface area contributed by atoms with Crippen molar-refractivity contribution in [1.82, 2.24) is 5.32 Å². The Morgan fingerprint density at radius 1 is 0.810 bits per heavy atom. The molecule has 0 bridgehead atoms. The molecule has 0 saturated carbocycles. The Hall–Kier alpha value is -2.42. The number of benzene rings is 2. The van der Waals surface area contributed by atoms with Crippen molar-refractivity contribution in [2.45, 2.75) is 24.7 Å². The maximum atomic E-state index is 12.8. The van der Waals surface area contributed by atoms with E-state index in [9.17, 15) is 9.59 Å². The first-order chi connectivity index (χ1) is 10.2. The van der Waals surface area contributed by atoms with Crippen LogP contribution in [0.15, 0.2) is 60.7 Å². The van der Waals surface area contributed by atoms with E-state index in [0.29, 0.717) is 19.3 Å². The second-order valence-electron chi connectivity index (χ2n) is 5.37. The van der Waals surface area contributed by atoms with E-state index in [0.717, 1.165) is 11.1 Å². The minimum Gasteiger partial charge on any atom is -0.295 e. The second-order valence-corrected chi connectivity index (χ2v) is 5.37. The third-order valence-corrected chi connectivity index (χ3v) is 4.13. The van der Waals surface area contributed by atoms with Crippen LogP contribution >= 0.6 is 0 Å². The predicted octanol–water partition coefficient (Wildman–Crippen LogP) is 2.80. The standard InChI is InChI=1S/C18H17NO2/c20-16-12-7-13-18(17(21)19-16,14-8-3-1-4-9-14)15-10-5-2-6-11-15/h1-6,8-11H,7,12-13H2,(H,19,20,21). The van der Waals surface area contributed by atoms with Crippen LogP contribution in [0.5, 0.6) is 0 Å². The van der Waals surface area contributed by atoms with E-state index in [1.165, 1.54) is 0 Å². The smallest absolute Gasteiger partial charge is 0.241 e. The van der Waals surface area contributed by atoms with Crippen LogP contribution in [0.4, 0.5) is 0 Å². The van der Waals surface area contributed by atoms with E-state index in [1.54, 1.807) is 0 Å². The average molecular weight is 279 g/mol. The van der Waals surface area contributed by atoms with E-state index in [1.807, 2.05) is 60.7 Å². The molecular formula is C18H17NO2. The molecule has 0 aromatic heterocycles. The fourth-order valence-corrected chi connectivity index (χ4v) is 3.09. The number of hydrogen-bond acceptors (Lipinski definition) is 2. The molecule has 0 atom stereocenters. The molecule has 0 aliphatic carbocycles. The summed E-state index contributed by atoms with van der Waals surface area (Å²) < 4.78 is 0. The fraction of sp³-hybridized carbons (Fsp3) is 0.222. The van der Waals surface area contributed by atoms with E-state index in [2.05, 4.69) is 5.32 Å². The van der Waals surface area contributed by atoms with Gasteiger partial charge in [-0.3, -0.25) is 14.9 Å². The minimum absolute atomic E-state index is 0.186. The van der Waals surface area contributed by atoms with Crippen molar-refractivity contribution in [1.29, 1.82) is 0 Å². The lowest BCUT2D eigenvalue weighted by atomic mass is 9.71. The molecule has 1 aliphatic heterocycles. The molecular weight excluding hydrogens is 262 g/mol. The second kappa shape index (κ2) is 5.52. The SMILES string of the molecule is O=C1CCCC(c2ccccc2)(c2ccccc2)C(=O)N1. The number of nitrogens with one attached hydrogen (secondary N) is 1. The summed E-state index contributed by atoms with van der Waals surface area (Å²) in [4.78, 5) is 24.5. The summed E-state index contributed by atoms with van der Waals surface area (Å²) in [6, 6.07) is 19.4. The highest BCUT2D eigenvalue weighted by Gasteiger charge is 2.43. The molecule has 1 aliphatic rings. The van der Waals surface area contributed by atoms with Gasteiger partial charge in [-0.05, 0) is 24.0 Å². The van der Waals surface area contributed by atoms with Crippen molar-refractivity contribution in [3.63, 3.8) is 0 Å². The van der Waals surface area contributed by atoms with Gasteiger partial charge in [0.25, 0.3) is 0 Å².